The highest BCUT2D eigenvalue weighted by Crippen LogP contribution is 2.20. The Morgan fingerprint density at radius 2 is 1.93 bits per heavy atom. The number of amides is 2. The van der Waals surface area contributed by atoms with Gasteiger partial charge in [-0.25, -0.2) is 18.2 Å². The molecule has 3 rings (SSSR count). The van der Waals surface area contributed by atoms with E-state index in [9.17, 15) is 13.2 Å². The lowest BCUT2D eigenvalue weighted by Gasteiger charge is -2.25. The van der Waals surface area contributed by atoms with Crippen LogP contribution in [0.3, 0.4) is 0 Å². The van der Waals surface area contributed by atoms with Gasteiger partial charge in [-0.05, 0) is 43.5 Å². The number of carbonyl (C=O) groups excluding carboxylic acids is 1. The first-order valence-corrected chi connectivity index (χ1v) is 10.3. The summed E-state index contributed by atoms with van der Waals surface area (Å²) in [6.45, 7) is 3.29. The molecule has 0 bridgehead atoms. The fourth-order valence-electron chi connectivity index (χ4n) is 2.90. The van der Waals surface area contributed by atoms with Crippen LogP contribution in [0.4, 0.5) is 10.6 Å². The van der Waals surface area contributed by atoms with Crippen LogP contribution in [0.5, 0.6) is 0 Å². The third kappa shape index (κ3) is 4.81. The molecule has 1 aliphatic rings. The van der Waals surface area contributed by atoms with Crippen molar-refractivity contribution in [2.75, 3.05) is 18.4 Å². The number of nitrogens with one attached hydrogen (secondary N) is 2. The van der Waals surface area contributed by atoms with E-state index in [0.717, 1.165) is 30.5 Å². The van der Waals surface area contributed by atoms with Crippen molar-refractivity contribution in [2.45, 2.75) is 37.6 Å². The van der Waals surface area contributed by atoms with Crippen LogP contribution in [0.2, 0.25) is 0 Å². The summed E-state index contributed by atoms with van der Waals surface area (Å²) in [6, 6.07) is 6.24. The van der Waals surface area contributed by atoms with Gasteiger partial charge in [0.2, 0.25) is 10.0 Å². The Balaban J connectivity index is 1.58. The van der Waals surface area contributed by atoms with E-state index in [1.807, 2.05) is 19.1 Å². The Kier molecular flexibility index (Phi) is 6.02. The fourth-order valence-corrected chi connectivity index (χ4v) is 4.36. The molecular weight excluding hydrogens is 366 g/mol. The van der Waals surface area contributed by atoms with Gasteiger partial charge in [0.25, 0.3) is 0 Å². The predicted octanol–water partition coefficient (Wildman–Crippen LogP) is 2.28. The number of pyridine rings is 2. The van der Waals surface area contributed by atoms with Crippen LogP contribution in [0.25, 0.3) is 0 Å². The molecule has 1 aliphatic heterocycles. The standard InChI is InChI=1S/C18H23N5O3S/c1-14-15(6-5-9-19-14)12-21-18(24)22-17-8-7-16(13-20-17)27(25,26)23-10-3-2-4-11-23/h5-9,13H,2-4,10-12H2,1H3,(H2,20,21,22,24). The Labute approximate surface area is 159 Å². The molecule has 0 aliphatic carbocycles. The van der Waals surface area contributed by atoms with Crippen molar-refractivity contribution in [2.24, 2.45) is 0 Å². The number of aromatic nitrogens is 2. The van der Waals surface area contributed by atoms with E-state index in [2.05, 4.69) is 20.6 Å². The van der Waals surface area contributed by atoms with Gasteiger partial charge in [0.15, 0.2) is 0 Å². The van der Waals surface area contributed by atoms with Crippen molar-refractivity contribution in [3.63, 3.8) is 0 Å². The molecule has 3 heterocycles. The zero-order chi connectivity index (χ0) is 19.3. The number of aryl methyl sites for hydroxylation is 1. The van der Waals surface area contributed by atoms with E-state index >= 15 is 0 Å². The predicted molar refractivity (Wildman–Crippen MR) is 102 cm³/mol. The molecule has 0 saturated carbocycles. The lowest BCUT2D eigenvalue weighted by atomic mass is 10.2. The average Bonchev–Trinajstić information content (AvgIpc) is 2.68. The molecule has 27 heavy (non-hydrogen) atoms. The number of piperidine rings is 1. The molecule has 8 nitrogen and oxygen atoms in total. The molecule has 1 saturated heterocycles. The molecule has 2 aromatic heterocycles. The number of urea groups is 1. The van der Waals surface area contributed by atoms with Crippen LogP contribution >= 0.6 is 0 Å². The number of carbonyl (C=O) groups is 1. The number of sulfonamides is 1. The van der Waals surface area contributed by atoms with Crippen LogP contribution in [0, 0.1) is 6.92 Å². The number of nitrogens with zero attached hydrogens (tertiary/aromatic N) is 3. The molecule has 2 aromatic rings. The number of rotatable bonds is 5. The van der Waals surface area contributed by atoms with Crippen molar-refractivity contribution in [1.82, 2.24) is 19.6 Å². The zero-order valence-corrected chi connectivity index (χ0v) is 16.0. The SMILES string of the molecule is Cc1ncccc1CNC(=O)Nc1ccc(S(=O)(=O)N2CCCCC2)cn1. The lowest BCUT2D eigenvalue weighted by molar-refractivity contribution is 0.251. The summed E-state index contributed by atoms with van der Waals surface area (Å²) in [6.07, 6.45) is 5.79. The Bertz CT molecular complexity index is 893. The second-order valence-electron chi connectivity index (χ2n) is 6.40. The van der Waals surface area contributed by atoms with Crippen LogP contribution < -0.4 is 10.6 Å². The quantitative estimate of drug-likeness (QED) is 0.816. The van der Waals surface area contributed by atoms with Gasteiger partial charge in [-0.2, -0.15) is 4.31 Å². The third-order valence-corrected chi connectivity index (χ3v) is 6.37. The van der Waals surface area contributed by atoms with Gasteiger partial charge in [-0.3, -0.25) is 10.3 Å². The summed E-state index contributed by atoms with van der Waals surface area (Å²) in [5.41, 5.74) is 1.77. The molecule has 144 valence electrons. The Hall–Kier alpha value is -2.52. The van der Waals surface area contributed by atoms with Crippen LogP contribution in [-0.4, -0.2) is 41.8 Å². The van der Waals surface area contributed by atoms with Gasteiger partial charge in [0.1, 0.15) is 10.7 Å². The number of anilines is 1. The highest BCUT2D eigenvalue weighted by atomic mass is 32.2. The first kappa shape index (κ1) is 19.2. The van der Waals surface area contributed by atoms with E-state index < -0.39 is 16.1 Å². The van der Waals surface area contributed by atoms with E-state index in [4.69, 9.17) is 0 Å². The molecule has 2 amide bonds. The van der Waals surface area contributed by atoms with Gasteiger partial charge < -0.3 is 5.32 Å². The Morgan fingerprint density at radius 3 is 2.59 bits per heavy atom. The molecule has 0 radical (unpaired) electrons. The smallest absolute Gasteiger partial charge is 0.320 e. The van der Waals surface area contributed by atoms with Crippen LogP contribution in [0.15, 0.2) is 41.6 Å². The van der Waals surface area contributed by atoms with Crippen molar-refractivity contribution >= 4 is 21.9 Å². The van der Waals surface area contributed by atoms with E-state index in [-0.39, 0.29) is 10.7 Å². The molecule has 2 N–H and O–H groups in total. The van der Waals surface area contributed by atoms with E-state index in [1.165, 1.54) is 22.6 Å². The maximum atomic E-state index is 12.6. The topological polar surface area (TPSA) is 104 Å². The lowest BCUT2D eigenvalue weighted by Crippen LogP contribution is -2.35. The summed E-state index contributed by atoms with van der Waals surface area (Å²) >= 11 is 0. The summed E-state index contributed by atoms with van der Waals surface area (Å²) < 4.78 is 26.7. The molecule has 0 atom stereocenters. The van der Waals surface area contributed by atoms with Crippen LogP contribution in [-0.2, 0) is 16.6 Å². The first-order valence-electron chi connectivity index (χ1n) is 8.88. The maximum absolute atomic E-state index is 12.6. The second-order valence-corrected chi connectivity index (χ2v) is 8.34. The molecule has 9 heteroatoms. The number of hydrogen-bond acceptors (Lipinski definition) is 5. The fraction of sp³-hybridized carbons (Fsp3) is 0.389. The number of hydrogen-bond donors (Lipinski definition) is 2. The van der Waals surface area contributed by atoms with Gasteiger partial charge in [-0.1, -0.05) is 12.5 Å². The Morgan fingerprint density at radius 1 is 1.15 bits per heavy atom. The first-order chi connectivity index (χ1) is 13.0. The summed E-state index contributed by atoms with van der Waals surface area (Å²) in [7, 11) is -3.52. The van der Waals surface area contributed by atoms with Crippen molar-refractivity contribution in [3.05, 3.63) is 47.9 Å². The summed E-state index contributed by atoms with van der Waals surface area (Å²) in [5, 5.41) is 5.33. The van der Waals surface area contributed by atoms with Crippen molar-refractivity contribution in [3.8, 4) is 0 Å². The van der Waals surface area contributed by atoms with Crippen LogP contribution in [0.1, 0.15) is 30.5 Å². The molecule has 1 fully saturated rings. The minimum Gasteiger partial charge on any atom is -0.334 e. The average molecular weight is 389 g/mol. The van der Waals surface area contributed by atoms with Gasteiger partial charge in [0.05, 0.1) is 0 Å². The van der Waals surface area contributed by atoms with Gasteiger partial charge in [-0.15, -0.1) is 0 Å². The van der Waals surface area contributed by atoms with Gasteiger partial charge in [0, 0.05) is 37.7 Å². The molecule has 0 unspecified atom stereocenters. The monoisotopic (exact) mass is 389 g/mol. The molecule has 0 aromatic carbocycles. The molecule has 0 spiro atoms. The largest absolute Gasteiger partial charge is 0.334 e. The summed E-state index contributed by atoms with van der Waals surface area (Å²) in [4.78, 5) is 20.4. The minimum absolute atomic E-state index is 0.140. The normalized spacial score (nSPS) is 15.3. The third-order valence-electron chi connectivity index (χ3n) is 4.49. The van der Waals surface area contributed by atoms with E-state index in [1.54, 1.807) is 6.20 Å². The second kappa shape index (κ2) is 8.45. The summed E-state index contributed by atoms with van der Waals surface area (Å²) in [5.74, 6) is 0.285. The highest BCUT2D eigenvalue weighted by molar-refractivity contribution is 7.89. The van der Waals surface area contributed by atoms with E-state index in [0.29, 0.717) is 19.6 Å². The van der Waals surface area contributed by atoms with Crippen molar-refractivity contribution in [1.29, 1.82) is 0 Å². The van der Waals surface area contributed by atoms with Crippen molar-refractivity contribution < 1.29 is 13.2 Å². The zero-order valence-electron chi connectivity index (χ0n) is 15.2. The van der Waals surface area contributed by atoms with Gasteiger partial charge >= 0.3 is 6.03 Å². The highest BCUT2D eigenvalue weighted by Gasteiger charge is 2.26. The maximum Gasteiger partial charge on any atom is 0.320 e. The minimum atomic E-state index is -3.52. The molecular formula is C18H23N5O3S.